The maximum atomic E-state index is 8.62. The first-order valence-electron chi connectivity index (χ1n) is 14.3. The molecule has 0 fully saturated rings. The summed E-state index contributed by atoms with van der Waals surface area (Å²) in [5.74, 6) is 1.88. The van der Waals surface area contributed by atoms with E-state index in [2.05, 4.69) is 146 Å². The van der Waals surface area contributed by atoms with Gasteiger partial charge in [-0.2, -0.15) is 0 Å². The Morgan fingerprint density at radius 2 is 1.06 bits per heavy atom. The first-order chi connectivity index (χ1) is 21.6. The summed E-state index contributed by atoms with van der Waals surface area (Å²) in [5.41, 5.74) is 9.63. The number of halogens is 2. The summed E-state index contributed by atoms with van der Waals surface area (Å²) in [6.07, 6.45) is 12.0. The molecular formula is C38H46Ac2I2O5PPd+. The van der Waals surface area contributed by atoms with Crippen LogP contribution in [0.1, 0.15) is 51.4 Å². The minimum Gasteiger partial charge on any atom is -0.496 e. The number of rotatable bonds is 7. The largest absolute Gasteiger partial charge is 0.496 e. The Balaban J connectivity index is -0.000000200. The second kappa shape index (κ2) is 34.2. The van der Waals surface area contributed by atoms with E-state index >= 15 is 0 Å². The van der Waals surface area contributed by atoms with E-state index in [1.807, 2.05) is 49.4 Å². The van der Waals surface area contributed by atoms with Crippen LogP contribution in [-0.4, -0.2) is 26.5 Å². The third-order valence-corrected chi connectivity index (χ3v) is 8.44. The van der Waals surface area contributed by atoms with Crippen LogP contribution in [0.5, 0.6) is 11.5 Å². The minimum absolute atomic E-state index is 0. The Hall–Kier alpha value is 0.465. The molecule has 262 valence electrons. The fraction of sp³-hybridized carbons (Fsp3) is 0.158. The zero-order valence-electron chi connectivity index (χ0n) is 29.8. The van der Waals surface area contributed by atoms with Gasteiger partial charge in [0.05, 0.1) is 17.8 Å². The second-order valence-electron chi connectivity index (χ2n) is 9.49. The van der Waals surface area contributed by atoms with Crippen LogP contribution < -0.4 is 9.47 Å². The van der Waals surface area contributed by atoms with Crippen LogP contribution in [0.25, 0.3) is 30.4 Å². The molecule has 49 heavy (non-hydrogen) atoms. The molecule has 4 N–H and O–H groups in total. The van der Waals surface area contributed by atoms with Crippen molar-refractivity contribution in [3.05, 3.63) is 144 Å². The number of hydrogen-bond acceptors (Lipinski definition) is 3. The zero-order valence-corrected chi connectivity index (χ0v) is 45.1. The first-order valence-corrected chi connectivity index (χ1v) is 16.3. The summed E-state index contributed by atoms with van der Waals surface area (Å²) >= 11 is 4.58. The number of allylic oxidation sites excluding steroid dienone is 1. The van der Waals surface area contributed by atoms with Gasteiger partial charge >= 0.3 is 10.3 Å². The van der Waals surface area contributed by atoms with Crippen LogP contribution in [0.2, 0.25) is 0 Å². The molecule has 0 saturated heterocycles. The maximum absolute atomic E-state index is 8.62. The number of methoxy groups -OCH3 is 2. The maximum Gasteiger partial charge on any atom is 0.385 e. The average Bonchev–Trinajstić information content (AvgIpc) is 3.05. The monoisotopic (exact) mass is 1430 g/mol. The topological polar surface area (TPSA) is 98.5 Å². The van der Waals surface area contributed by atoms with E-state index < -0.39 is 9.06 Å². The SMILES string of the molecule is C/C=C/c1ccc(/C=C/c2cc(C)c(C)cc2OC)cc1.C=Cc1ccc(C=C)cc1.COc1cc(I)c(C)cc1I.O.O.[3H][PH+]=O.[Ac].[Ac].[Pd]. The molecule has 5 nitrogen and oxygen atoms in total. The molecule has 0 bridgehead atoms. The van der Waals surface area contributed by atoms with Crippen LogP contribution in [0, 0.1) is 116 Å². The third-order valence-electron chi connectivity index (χ3n) is 6.44. The minimum atomic E-state index is -0.917. The van der Waals surface area contributed by atoms with E-state index in [9.17, 15) is 0 Å². The van der Waals surface area contributed by atoms with Gasteiger partial charge in [-0.05, 0) is 136 Å². The summed E-state index contributed by atoms with van der Waals surface area (Å²) in [7, 11) is 2.50. The molecule has 4 rings (SSSR count). The van der Waals surface area contributed by atoms with Gasteiger partial charge in [0.25, 0.3) is 0 Å². The quantitative estimate of drug-likeness (QED) is 0.0798. The number of ether oxygens (including phenoxy) is 2. The molecule has 0 saturated carbocycles. The van der Waals surface area contributed by atoms with E-state index in [-0.39, 0.29) is 120 Å². The predicted molar refractivity (Wildman–Crippen MR) is 220 cm³/mol. The standard InChI is InChI=1S/C20H22O.C10H10.C8H8I2O.2Ac.H2OP.2H2O.Pd/c1-5-6-17-7-9-18(10-8-17)11-12-19-13-15(2)16(3)14-20(19)21-4;1-3-9-5-7-10(4-2)8-6-9;1-5-3-7(10)8(11-2)4-6(5)9;;;1-2;;;/h5-14H,1-4H3;3-8H,1-2H2;3-4H,1-2H3;;;2H2;2*1H2;/q;;;;;+1;;;/b6-5+,12-11+;;;;;;;;/i;;;;;2T;;;. The Morgan fingerprint density at radius 1 is 0.653 bits per heavy atom. The van der Waals surface area contributed by atoms with Crippen molar-refractivity contribution in [1.82, 2.24) is 0 Å². The summed E-state index contributed by atoms with van der Waals surface area (Å²) in [6, 6.07) is 25.0. The smallest absolute Gasteiger partial charge is 0.385 e. The first kappa shape index (κ1) is 56.2. The number of aryl methyl sites for hydroxylation is 3. The molecule has 0 amide bonds. The van der Waals surface area contributed by atoms with Crippen molar-refractivity contribution < 1.29 is 134 Å². The van der Waals surface area contributed by atoms with Gasteiger partial charge in [-0.25, -0.2) is 0 Å². The Morgan fingerprint density at radius 3 is 1.47 bits per heavy atom. The normalized spacial score (nSPS) is 9.35. The van der Waals surface area contributed by atoms with Crippen LogP contribution in [0.15, 0.2) is 92.0 Å². The number of benzene rings is 4. The van der Waals surface area contributed by atoms with Crippen LogP contribution in [0.3, 0.4) is 0 Å². The fourth-order valence-corrected chi connectivity index (χ4v) is 5.05. The van der Waals surface area contributed by atoms with Gasteiger partial charge in [0.15, 0.2) is 0 Å². The molecule has 0 aliphatic carbocycles. The molecule has 4 aromatic carbocycles. The summed E-state index contributed by atoms with van der Waals surface area (Å²) < 4.78 is 27.4. The van der Waals surface area contributed by atoms with Crippen molar-refractivity contribution in [3.63, 3.8) is 0 Å². The Bertz CT molecular complexity index is 1580. The van der Waals surface area contributed by atoms with E-state index in [0.29, 0.717) is 0 Å². The molecule has 0 aliphatic heterocycles. The molecule has 11 heteroatoms. The van der Waals surface area contributed by atoms with Crippen molar-refractivity contribution >= 4 is 84.6 Å². The third kappa shape index (κ3) is 22.3. The van der Waals surface area contributed by atoms with Crippen molar-refractivity contribution in [2.45, 2.75) is 27.7 Å². The van der Waals surface area contributed by atoms with E-state index in [1.165, 1.54) is 35.0 Å². The molecule has 1 unspecified atom stereocenters. The Labute approximate surface area is 409 Å². The molecule has 4 aromatic rings. The van der Waals surface area contributed by atoms with Crippen molar-refractivity contribution in [1.29, 1.82) is 1.28 Å². The van der Waals surface area contributed by atoms with Crippen molar-refractivity contribution in [3.8, 4) is 11.5 Å². The van der Waals surface area contributed by atoms with Gasteiger partial charge in [-0.15, -0.1) is 0 Å². The van der Waals surface area contributed by atoms with Gasteiger partial charge in [0.1, 0.15) is 11.5 Å². The summed E-state index contributed by atoms with van der Waals surface area (Å²) in [6.45, 7) is 15.7. The van der Waals surface area contributed by atoms with Crippen LogP contribution in [0.4, 0.5) is 0 Å². The fourth-order valence-electron chi connectivity index (χ4n) is 3.77. The zero-order chi connectivity index (χ0) is 33.8. The van der Waals surface area contributed by atoms with E-state index in [4.69, 9.17) is 15.3 Å². The van der Waals surface area contributed by atoms with Crippen molar-refractivity contribution in [2.24, 2.45) is 0 Å². The van der Waals surface area contributed by atoms with Crippen molar-refractivity contribution in [2.75, 3.05) is 14.2 Å². The van der Waals surface area contributed by atoms with Crippen LogP contribution >= 0.6 is 54.2 Å². The predicted octanol–water partition coefficient (Wildman–Crippen LogP) is 10.3. The molecule has 1 atom stereocenters. The van der Waals surface area contributed by atoms with Gasteiger partial charge in [0.2, 0.25) is 0 Å². The van der Waals surface area contributed by atoms with E-state index in [0.717, 1.165) is 28.2 Å². The second-order valence-corrected chi connectivity index (χ2v) is 11.8. The van der Waals surface area contributed by atoms with Gasteiger partial charge in [-0.3, -0.25) is 0 Å². The van der Waals surface area contributed by atoms with Gasteiger partial charge in [0, 0.05) is 118 Å². The molecule has 0 aromatic heterocycles. The van der Waals surface area contributed by atoms with Gasteiger partial charge < -0.3 is 20.4 Å². The molecule has 0 aliphatic rings. The van der Waals surface area contributed by atoms with Gasteiger partial charge in [-0.1, -0.05) is 103 Å². The molecule has 2 radical (unpaired) electrons. The summed E-state index contributed by atoms with van der Waals surface area (Å²) in [4.78, 5) is 0. The summed E-state index contributed by atoms with van der Waals surface area (Å²) in [5, 5.41) is 0. The Kier molecular flexibility index (Phi) is 39.3. The van der Waals surface area contributed by atoms with Crippen LogP contribution in [-0.2, 0) is 25.0 Å². The van der Waals surface area contributed by atoms with E-state index in [1.54, 1.807) is 14.2 Å². The number of hydrogen-bond donors (Lipinski definition) is 0. The molecular weight excluding hydrogens is 1380 g/mol. The molecule has 0 heterocycles. The average molecular weight is 1430 g/mol. The molecule has 0 spiro atoms.